The molecular formula is C15H13FO2. The van der Waals surface area contributed by atoms with Crippen LogP contribution >= 0.6 is 0 Å². The maximum atomic E-state index is 13.3. The molecule has 3 heteroatoms. The normalized spacial score (nSPS) is 10.2. The molecule has 0 atom stereocenters. The van der Waals surface area contributed by atoms with Crippen molar-refractivity contribution in [1.82, 2.24) is 0 Å². The van der Waals surface area contributed by atoms with E-state index < -0.39 is 5.82 Å². The predicted octanol–water partition coefficient (Wildman–Crippen LogP) is 3.37. The van der Waals surface area contributed by atoms with Crippen molar-refractivity contribution in [3.8, 4) is 5.75 Å². The van der Waals surface area contributed by atoms with Gasteiger partial charge in [-0.2, -0.15) is 0 Å². The quantitative estimate of drug-likeness (QED) is 0.774. The molecule has 2 rings (SSSR count). The van der Waals surface area contributed by atoms with Crippen LogP contribution in [0.1, 0.15) is 21.5 Å². The average Bonchev–Trinajstić information content (AvgIpc) is 2.39. The molecule has 0 unspecified atom stereocenters. The zero-order chi connectivity index (χ0) is 13.1. The summed E-state index contributed by atoms with van der Waals surface area (Å²) >= 11 is 0. The molecule has 0 heterocycles. The van der Waals surface area contributed by atoms with Crippen LogP contribution in [0.25, 0.3) is 0 Å². The van der Waals surface area contributed by atoms with Crippen LogP contribution in [0.4, 0.5) is 4.39 Å². The first kappa shape index (κ1) is 12.3. The molecule has 0 saturated heterocycles. The van der Waals surface area contributed by atoms with E-state index in [9.17, 15) is 9.18 Å². The summed E-state index contributed by atoms with van der Waals surface area (Å²) in [7, 11) is 1.38. The van der Waals surface area contributed by atoms with E-state index >= 15 is 0 Å². The summed E-state index contributed by atoms with van der Waals surface area (Å²) in [4.78, 5) is 12.3. The minimum atomic E-state index is -0.473. The molecule has 0 N–H and O–H groups in total. The van der Waals surface area contributed by atoms with Crippen molar-refractivity contribution in [2.75, 3.05) is 7.11 Å². The summed E-state index contributed by atoms with van der Waals surface area (Å²) in [5, 5.41) is 0. The van der Waals surface area contributed by atoms with Gasteiger partial charge in [0.05, 0.1) is 7.11 Å². The SMILES string of the molecule is COc1cc(C(=O)c2ccccc2C)ccc1F. The van der Waals surface area contributed by atoms with Crippen LogP contribution in [0.3, 0.4) is 0 Å². The Morgan fingerprint density at radius 3 is 2.56 bits per heavy atom. The Labute approximate surface area is 105 Å². The Kier molecular flexibility index (Phi) is 3.42. The van der Waals surface area contributed by atoms with Gasteiger partial charge in [0.1, 0.15) is 0 Å². The van der Waals surface area contributed by atoms with E-state index in [1.165, 1.54) is 25.3 Å². The fourth-order valence-electron chi connectivity index (χ4n) is 1.78. The molecule has 2 nitrogen and oxygen atoms in total. The van der Waals surface area contributed by atoms with Crippen molar-refractivity contribution >= 4 is 5.78 Å². The van der Waals surface area contributed by atoms with Crippen molar-refractivity contribution in [3.63, 3.8) is 0 Å². The lowest BCUT2D eigenvalue weighted by Gasteiger charge is -2.07. The fourth-order valence-corrected chi connectivity index (χ4v) is 1.78. The smallest absolute Gasteiger partial charge is 0.193 e. The Morgan fingerprint density at radius 2 is 1.89 bits per heavy atom. The Balaban J connectivity index is 2.44. The molecule has 0 saturated carbocycles. The molecule has 0 aliphatic heterocycles. The topological polar surface area (TPSA) is 26.3 Å². The maximum Gasteiger partial charge on any atom is 0.193 e. The van der Waals surface area contributed by atoms with Crippen LogP contribution in [0.2, 0.25) is 0 Å². The highest BCUT2D eigenvalue weighted by Crippen LogP contribution is 2.21. The molecule has 92 valence electrons. The van der Waals surface area contributed by atoms with Gasteiger partial charge < -0.3 is 4.74 Å². The third kappa shape index (κ3) is 2.25. The number of rotatable bonds is 3. The second kappa shape index (κ2) is 5.00. The highest BCUT2D eigenvalue weighted by molar-refractivity contribution is 6.10. The van der Waals surface area contributed by atoms with Crippen molar-refractivity contribution in [2.45, 2.75) is 6.92 Å². The first-order valence-electron chi connectivity index (χ1n) is 5.57. The molecule has 0 fully saturated rings. The number of carbonyl (C=O) groups excluding carboxylic acids is 1. The van der Waals surface area contributed by atoms with E-state index in [2.05, 4.69) is 0 Å². The molecular weight excluding hydrogens is 231 g/mol. The van der Waals surface area contributed by atoms with E-state index in [0.717, 1.165) is 5.56 Å². The van der Waals surface area contributed by atoms with Gasteiger partial charge in [0.15, 0.2) is 17.3 Å². The first-order chi connectivity index (χ1) is 8.63. The standard InChI is InChI=1S/C15H13FO2/c1-10-5-3-4-6-12(10)15(17)11-7-8-13(16)14(9-11)18-2/h3-9H,1-2H3. The Morgan fingerprint density at radius 1 is 1.17 bits per heavy atom. The Bertz CT molecular complexity index is 591. The van der Waals surface area contributed by atoms with Gasteiger partial charge in [0.25, 0.3) is 0 Å². The molecule has 0 amide bonds. The average molecular weight is 244 g/mol. The van der Waals surface area contributed by atoms with Crippen molar-refractivity contribution in [3.05, 3.63) is 65.0 Å². The summed E-state index contributed by atoms with van der Waals surface area (Å²) < 4.78 is 18.2. The zero-order valence-electron chi connectivity index (χ0n) is 10.2. The fraction of sp³-hybridized carbons (Fsp3) is 0.133. The van der Waals surface area contributed by atoms with Crippen LogP contribution in [-0.2, 0) is 0 Å². The zero-order valence-corrected chi connectivity index (χ0v) is 10.2. The van der Waals surface area contributed by atoms with Crippen molar-refractivity contribution in [2.24, 2.45) is 0 Å². The number of hydrogen-bond donors (Lipinski definition) is 0. The van der Waals surface area contributed by atoms with Gasteiger partial charge in [-0.15, -0.1) is 0 Å². The minimum absolute atomic E-state index is 0.0782. The highest BCUT2D eigenvalue weighted by atomic mass is 19.1. The molecule has 18 heavy (non-hydrogen) atoms. The van der Waals surface area contributed by atoms with E-state index in [1.54, 1.807) is 12.1 Å². The van der Waals surface area contributed by atoms with Crippen LogP contribution in [0.5, 0.6) is 5.75 Å². The van der Waals surface area contributed by atoms with Crippen LogP contribution in [-0.4, -0.2) is 12.9 Å². The maximum absolute atomic E-state index is 13.3. The molecule has 0 aromatic heterocycles. The number of benzene rings is 2. The molecule has 2 aromatic carbocycles. The summed E-state index contributed by atoms with van der Waals surface area (Å²) in [5.74, 6) is -0.528. The largest absolute Gasteiger partial charge is 0.494 e. The van der Waals surface area contributed by atoms with Crippen LogP contribution < -0.4 is 4.74 Å². The molecule has 0 aliphatic carbocycles. The molecule has 0 spiro atoms. The summed E-state index contributed by atoms with van der Waals surface area (Å²) in [6.07, 6.45) is 0. The van der Waals surface area contributed by atoms with E-state index in [1.807, 2.05) is 19.1 Å². The monoisotopic (exact) mass is 244 g/mol. The molecule has 0 radical (unpaired) electrons. The van der Waals surface area contributed by atoms with Gasteiger partial charge in [0, 0.05) is 11.1 Å². The highest BCUT2D eigenvalue weighted by Gasteiger charge is 2.13. The number of aryl methyl sites for hydroxylation is 1. The number of methoxy groups -OCH3 is 1. The van der Waals surface area contributed by atoms with Crippen molar-refractivity contribution < 1.29 is 13.9 Å². The van der Waals surface area contributed by atoms with Gasteiger partial charge in [-0.05, 0) is 30.7 Å². The Hall–Kier alpha value is -2.16. The van der Waals surface area contributed by atoms with Gasteiger partial charge >= 0.3 is 0 Å². The second-order valence-electron chi connectivity index (χ2n) is 3.99. The van der Waals surface area contributed by atoms with Crippen LogP contribution in [0.15, 0.2) is 42.5 Å². The number of ether oxygens (including phenoxy) is 1. The first-order valence-corrected chi connectivity index (χ1v) is 5.57. The van der Waals surface area contributed by atoms with Gasteiger partial charge in [-0.1, -0.05) is 24.3 Å². The summed E-state index contributed by atoms with van der Waals surface area (Å²) in [6.45, 7) is 1.87. The third-order valence-corrected chi connectivity index (χ3v) is 2.80. The second-order valence-corrected chi connectivity index (χ2v) is 3.99. The molecule has 0 bridgehead atoms. The van der Waals surface area contributed by atoms with Crippen molar-refractivity contribution in [1.29, 1.82) is 0 Å². The van der Waals surface area contributed by atoms with E-state index in [0.29, 0.717) is 11.1 Å². The summed E-state index contributed by atoms with van der Waals surface area (Å²) in [5.41, 5.74) is 1.93. The number of hydrogen-bond acceptors (Lipinski definition) is 2. The number of ketones is 1. The lowest BCUT2D eigenvalue weighted by atomic mass is 9.99. The lowest BCUT2D eigenvalue weighted by molar-refractivity contribution is 0.103. The van der Waals surface area contributed by atoms with E-state index in [4.69, 9.17) is 4.74 Å². The predicted molar refractivity (Wildman–Crippen MR) is 67.6 cm³/mol. The molecule has 0 aliphatic rings. The van der Waals surface area contributed by atoms with Gasteiger partial charge in [0.2, 0.25) is 0 Å². The van der Waals surface area contributed by atoms with Crippen LogP contribution in [0, 0.1) is 12.7 Å². The van der Waals surface area contributed by atoms with Gasteiger partial charge in [-0.25, -0.2) is 4.39 Å². The molecule has 2 aromatic rings. The van der Waals surface area contributed by atoms with E-state index in [-0.39, 0.29) is 11.5 Å². The number of halogens is 1. The van der Waals surface area contributed by atoms with Gasteiger partial charge in [-0.3, -0.25) is 4.79 Å². The lowest BCUT2D eigenvalue weighted by Crippen LogP contribution is -2.04. The third-order valence-electron chi connectivity index (χ3n) is 2.80. The summed E-state index contributed by atoms with van der Waals surface area (Å²) in [6, 6.07) is 11.4. The number of carbonyl (C=O) groups is 1. The minimum Gasteiger partial charge on any atom is -0.494 e.